The van der Waals surface area contributed by atoms with Crippen LogP contribution in [0.5, 0.6) is 0 Å². The fraction of sp³-hybridized carbons (Fsp3) is 0.571. The lowest BCUT2D eigenvalue weighted by Crippen LogP contribution is -2.43. The van der Waals surface area contributed by atoms with E-state index in [-0.39, 0.29) is 11.9 Å². The highest BCUT2D eigenvalue weighted by molar-refractivity contribution is 9.10. The van der Waals surface area contributed by atoms with Crippen LogP contribution in [0.2, 0.25) is 0 Å². The van der Waals surface area contributed by atoms with Crippen molar-refractivity contribution in [1.82, 2.24) is 5.43 Å². The van der Waals surface area contributed by atoms with Crippen molar-refractivity contribution in [1.29, 1.82) is 0 Å². The van der Waals surface area contributed by atoms with Gasteiger partial charge in [0.05, 0.1) is 0 Å². The van der Waals surface area contributed by atoms with E-state index in [0.29, 0.717) is 11.8 Å². The minimum atomic E-state index is -0.211. The summed E-state index contributed by atoms with van der Waals surface area (Å²) in [6, 6.07) is 5.13. The number of nitrogens with one attached hydrogen (secondary N) is 1. The van der Waals surface area contributed by atoms with Gasteiger partial charge in [-0.2, -0.15) is 0 Å². The van der Waals surface area contributed by atoms with Crippen molar-refractivity contribution in [2.75, 3.05) is 0 Å². The van der Waals surface area contributed by atoms with E-state index in [2.05, 4.69) is 28.3 Å². The molecule has 0 aromatic heterocycles. The maximum Gasteiger partial charge on any atom is 0.124 e. The lowest BCUT2D eigenvalue weighted by Gasteiger charge is -2.26. The molecular formula is C14H20BrFN2. The molecule has 0 radical (unpaired) electrons. The number of hydrazine groups is 1. The van der Waals surface area contributed by atoms with Crippen LogP contribution >= 0.6 is 15.9 Å². The molecule has 100 valence electrons. The van der Waals surface area contributed by atoms with Crippen LogP contribution in [-0.4, -0.2) is 6.04 Å². The summed E-state index contributed by atoms with van der Waals surface area (Å²) in [5.41, 5.74) is 4.06. The molecule has 1 aromatic rings. The maximum atomic E-state index is 13.1. The molecule has 1 saturated carbocycles. The molecule has 0 spiro atoms. The Labute approximate surface area is 116 Å². The standard InChI is InChI=1S/C14H20BrFN2/c1-9-3-2-4-12(9)14(18-17)7-10-5-6-11(16)8-13(10)15/h5-6,8-9,12,14,18H,2-4,7,17H2,1H3. The highest BCUT2D eigenvalue weighted by Gasteiger charge is 2.30. The van der Waals surface area contributed by atoms with E-state index in [0.717, 1.165) is 16.5 Å². The van der Waals surface area contributed by atoms with E-state index in [9.17, 15) is 4.39 Å². The predicted octanol–water partition coefficient (Wildman–Crippen LogP) is 3.40. The number of nitrogens with two attached hydrogens (primary N) is 1. The summed E-state index contributed by atoms with van der Waals surface area (Å²) in [6.45, 7) is 2.29. The summed E-state index contributed by atoms with van der Waals surface area (Å²) in [7, 11) is 0. The quantitative estimate of drug-likeness (QED) is 0.660. The monoisotopic (exact) mass is 314 g/mol. The molecule has 1 aliphatic rings. The van der Waals surface area contributed by atoms with Crippen LogP contribution in [0.1, 0.15) is 31.7 Å². The predicted molar refractivity (Wildman–Crippen MR) is 75.4 cm³/mol. The van der Waals surface area contributed by atoms with Crippen molar-refractivity contribution in [3.8, 4) is 0 Å². The minimum absolute atomic E-state index is 0.211. The van der Waals surface area contributed by atoms with Gasteiger partial charge in [-0.1, -0.05) is 41.8 Å². The molecule has 1 aromatic carbocycles. The molecule has 0 amide bonds. The molecule has 3 unspecified atom stereocenters. The molecule has 0 aliphatic heterocycles. The van der Waals surface area contributed by atoms with Crippen LogP contribution in [-0.2, 0) is 6.42 Å². The second-order valence-electron chi connectivity index (χ2n) is 5.29. The number of benzene rings is 1. The molecule has 3 atom stereocenters. The van der Waals surface area contributed by atoms with Gasteiger partial charge in [-0.05, 0) is 42.4 Å². The Balaban J connectivity index is 2.10. The average Bonchev–Trinajstić information content (AvgIpc) is 2.75. The van der Waals surface area contributed by atoms with Gasteiger partial charge in [0.1, 0.15) is 5.82 Å². The van der Waals surface area contributed by atoms with Gasteiger partial charge >= 0.3 is 0 Å². The second kappa shape index (κ2) is 6.13. The first kappa shape index (κ1) is 14.0. The third kappa shape index (κ3) is 3.11. The van der Waals surface area contributed by atoms with Gasteiger partial charge < -0.3 is 0 Å². The lowest BCUT2D eigenvalue weighted by atomic mass is 9.87. The van der Waals surface area contributed by atoms with E-state index in [4.69, 9.17) is 5.84 Å². The number of hydrogen-bond acceptors (Lipinski definition) is 2. The van der Waals surface area contributed by atoms with Gasteiger partial charge in [0.15, 0.2) is 0 Å². The third-order valence-corrected chi connectivity index (χ3v) is 4.85. The highest BCUT2D eigenvalue weighted by Crippen LogP contribution is 2.35. The topological polar surface area (TPSA) is 38.0 Å². The molecule has 2 nitrogen and oxygen atoms in total. The Morgan fingerprint density at radius 3 is 2.83 bits per heavy atom. The van der Waals surface area contributed by atoms with Gasteiger partial charge in [-0.25, -0.2) is 4.39 Å². The molecule has 0 bridgehead atoms. The van der Waals surface area contributed by atoms with Crippen molar-refractivity contribution >= 4 is 15.9 Å². The largest absolute Gasteiger partial charge is 0.271 e. The summed E-state index contributed by atoms with van der Waals surface area (Å²) in [6.07, 6.45) is 4.64. The zero-order valence-electron chi connectivity index (χ0n) is 10.6. The Kier molecular flexibility index (Phi) is 4.76. The van der Waals surface area contributed by atoms with E-state index < -0.39 is 0 Å². The smallest absolute Gasteiger partial charge is 0.124 e. The Hall–Kier alpha value is -0.450. The highest BCUT2D eigenvalue weighted by atomic mass is 79.9. The zero-order valence-corrected chi connectivity index (χ0v) is 12.2. The molecule has 4 heteroatoms. The van der Waals surface area contributed by atoms with E-state index in [1.165, 1.54) is 31.4 Å². The average molecular weight is 315 g/mol. The normalized spacial score (nSPS) is 25.3. The van der Waals surface area contributed by atoms with Crippen molar-refractivity contribution in [3.63, 3.8) is 0 Å². The summed E-state index contributed by atoms with van der Waals surface area (Å²) < 4.78 is 13.9. The molecular weight excluding hydrogens is 295 g/mol. The maximum absolute atomic E-state index is 13.1. The van der Waals surface area contributed by atoms with Gasteiger partial charge in [-0.15, -0.1) is 0 Å². The molecule has 18 heavy (non-hydrogen) atoms. The molecule has 0 heterocycles. The summed E-state index contributed by atoms with van der Waals surface area (Å²) in [5, 5.41) is 0. The molecule has 1 aliphatic carbocycles. The second-order valence-corrected chi connectivity index (χ2v) is 6.14. The van der Waals surface area contributed by atoms with Gasteiger partial charge in [0, 0.05) is 10.5 Å². The van der Waals surface area contributed by atoms with Crippen LogP contribution in [0.3, 0.4) is 0 Å². The Morgan fingerprint density at radius 2 is 2.28 bits per heavy atom. The summed E-state index contributed by atoms with van der Waals surface area (Å²) >= 11 is 3.42. The van der Waals surface area contributed by atoms with Crippen molar-refractivity contribution in [2.24, 2.45) is 17.7 Å². The van der Waals surface area contributed by atoms with Crippen LogP contribution in [0.4, 0.5) is 4.39 Å². The van der Waals surface area contributed by atoms with Crippen molar-refractivity contribution in [3.05, 3.63) is 34.1 Å². The van der Waals surface area contributed by atoms with E-state index >= 15 is 0 Å². The van der Waals surface area contributed by atoms with E-state index in [1.54, 1.807) is 0 Å². The first-order valence-electron chi connectivity index (χ1n) is 6.52. The first-order valence-corrected chi connectivity index (χ1v) is 7.31. The van der Waals surface area contributed by atoms with Crippen LogP contribution in [0, 0.1) is 17.7 Å². The summed E-state index contributed by atoms with van der Waals surface area (Å²) in [5.74, 6) is 6.82. The summed E-state index contributed by atoms with van der Waals surface area (Å²) in [4.78, 5) is 0. The van der Waals surface area contributed by atoms with Crippen molar-refractivity contribution in [2.45, 2.75) is 38.6 Å². The number of rotatable bonds is 4. The SMILES string of the molecule is CC1CCCC1C(Cc1ccc(F)cc1Br)NN. The molecule has 2 rings (SSSR count). The van der Waals surface area contributed by atoms with Crippen molar-refractivity contribution < 1.29 is 4.39 Å². The lowest BCUT2D eigenvalue weighted by molar-refractivity contribution is 0.297. The molecule has 0 saturated heterocycles. The number of hydrogen-bond donors (Lipinski definition) is 2. The van der Waals surface area contributed by atoms with E-state index in [1.807, 2.05) is 6.07 Å². The fourth-order valence-electron chi connectivity index (χ4n) is 3.03. The zero-order chi connectivity index (χ0) is 13.1. The molecule has 1 fully saturated rings. The fourth-order valence-corrected chi connectivity index (χ4v) is 3.54. The Bertz CT molecular complexity index is 411. The Morgan fingerprint density at radius 1 is 1.50 bits per heavy atom. The van der Waals surface area contributed by atoms with Crippen LogP contribution < -0.4 is 11.3 Å². The van der Waals surface area contributed by atoms with Gasteiger partial charge in [-0.3, -0.25) is 11.3 Å². The number of halogens is 2. The van der Waals surface area contributed by atoms with Crippen LogP contribution in [0.25, 0.3) is 0 Å². The van der Waals surface area contributed by atoms with Gasteiger partial charge in [0.2, 0.25) is 0 Å². The third-order valence-electron chi connectivity index (χ3n) is 4.11. The molecule has 3 N–H and O–H groups in total. The minimum Gasteiger partial charge on any atom is -0.271 e. The van der Waals surface area contributed by atoms with Gasteiger partial charge in [0.25, 0.3) is 0 Å². The van der Waals surface area contributed by atoms with Crippen LogP contribution in [0.15, 0.2) is 22.7 Å². The first-order chi connectivity index (χ1) is 8.61.